The van der Waals surface area contributed by atoms with E-state index in [1.54, 1.807) is 24.3 Å². The highest BCUT2D eigenvalue weighted by Crippen LogP contribution is 2.37. The number of hydrogen-bond donors (Lipinski definition) is 2. The van der Waals surface area contributed by atoms with Crippen molar-refractivity contribution in [2.24, 2.45) is 5.73 Å². The molecule has 25 heavy (non-hydrogen) atoms. The number of ether oxygens (including phenoxy) is 1. The van der Waals surface area contributed by atoms with Crippen LogP contribution < -0.4 is 15.8 Å². The van der Waals surface area contributed by atoms with Gasteiger partial charge < -0.3 is 15.8 Å². The molecule has 3 rings (SSSR count). The van der Waals surface area contributed by atoms with Crippen molar-refractivity contribution in [2.45, 2.75) is 25.7 Å². The molecule has 2 amide bonds. The molecule has 0 bridgehead atoms. The van der Waals surface area contributed by atoms with Crippen molar-refractivity contribution in [3.8, 4) is 11.8 Å². The molecule has 1 aliphatic carbocycles. The molecule has 0 unspecified atom stereocenters. The van der Waals surface area contributed by atoms with E-state index in [9.17, 15) is 9.59 Å². The van der Waals surface area contributed by atoms with Crippen molar-refractivity contribution in [2.75, 3.05) is 11.9 Å². The molecule has 0 saturated heterocycles. The van der Waals surface area contributed by atoms with Crippen LogP contribution in [0.1, 0.15) is 39.2 Å². The van der Waals surface area contributed by atoms with Crippen LogP contribution in [0.5, 0.6) is 5.75 Å². The van der Waals surface area contributed by atoms with Crippen molar-refractivity contribution in [3.05, 3.63) is 45.8 Å². The van der Waals surface area contributed by atoms with Crippen LogP contribution in [0.3, 0.4) is 0 Å². The van der Waals surface area contributed by atoms with E-state index in [0.717, 1.165) is 36.1 Å². The molecule has 6 nitrogen and oxygen atoms in total. The van der Waals surface area contributed by atoms with Gasteiger partial charge in [0.1, 0.15) is 16.8 Å². The Morgan fingerprint density at radius 1 is 1.28 bits per heavy atom. The van der Waals surface area contributed by atoms with Crippen molar-refractivity contribution < 1.29 is 14.3 Å². The first kappa shape index (κ1) is 17.0. The monoisotopic (exact) mass is 355 g/mol. The third kappa shape index (κ3) is 3.64. The second kappa shape index (κ2) is 7.36. The summed E-state index contributed by atoms with van der Waals surface area (Å²) in [6.45, 7) is -0.251. The standard InChI is InChI=1S/C18H17N3O3S/c19-9-11-5-1-3-7-13(11)24-10-15(22)21-18-16(17(20)23)12-6-2-4-8-14(12)25-18/h1,3,5,7H,2,4,6,8,10H2,(H2,20,23)(H,21,22). The van der Waals surface area contributed by atoms with Gasteiger partial charge in [0, 0.05) is 4.88 Å². The van der Waals surface area contributed by atoms with Crippen LogP contribution in [0.25, 0.3) is 0 Å². The van der Waals surface area contributed by atoms with Crippen LogP contribution in [0.2, 0.25) is 0 Å². The van der Waals surface area contributed by atoms with Crippen molar-refractivity contribution in [3.63, 3.8) is 0 Å². The summed E-state index contributed by atoms with van der Waals surface area (Å²) in [6, 6.07) is 8.71. The number of nitrogens with two attached hydrogens (primary N) is 1. The molecule has 1 aromatic carbocycles. The Labute approximate surface area is 149 Å². The Balaban J connectivity index is 1.72. The molecule has 0 saturated carbocycles. The van der Waals surface area contributed by atoms with E-state index in [-0.39, 0.29) is 6.61 Å². The summed E-state index contributed by atoms with van der Waals surface area (Å²) < 4.78 is 5.42. The van der Waals surface area contributed by atoms with E-state index in [2.05, 4.69) is 5.32 Å². The lowest BCUT2D eigenvalue weighted by Gasteiger charge is -2.11. The maximum atomic E-state index is 12.2. The van der Waals surface area contributed by atoms with Gasteiger partial charge in [-0.05, 0) is 43.4 Å². The number of carbonyl (C=O) groups is 2. The third-order valence-corrected chi connectivity index (χ3v) is 5.24. The number of hydrogen-bond acceptors (Lipinski definition) is 5. The maximum absolute atomic E-state index is 12.2. The number of amides is 2. The lowest BCUT2D eigenvalue weighted by molar-refractivity contribution is -0.118. The maximum Gasteiger partial charge on any atom is 0.262 e. The summed E-state index contributed by atoms with van der Waals surface area (Å²) in [6.07, 6.45) is 3.81. The zero-order valence-electron chi connectivity index (χ0n) is 13.5. The summed E-state index contributed by atoms with van der Waals surface area (Å²) in [5.41, 5.74) is 7.26. The van der Waals surface area contributed by atoms with Crippen LogP contribution in [0, 0.1) is 11.3 Å². The zero-order chi connectivity index (χ0) is 17.8. The number of nitrogens with zero attached hydrogens (tertiary/aromatic N) is 1. The zero-order valence-corrected chi connectivity index (χ0v) is 14.3. The Morgan fingerprint density at radius 2 is 2.04 bits per heavy atom. The first-order valence-electron chi connectivity index (χ1n) is 7.96. The highest BCUT2D eigenvalue weighted by molar-refractivity contribution is 7.17. The van der Waals surface area contributed by atoms with Gasteiger partial charge in [-0.3, -0.25) is 9.59 Å². The molecule has 2 aromatic rings. The second-order valence-corrected chi connectivity index (χ2v) is 6.83. The minimum atomic E-state index is -0.523. The average Bonchev–Trinajstić information content (AvgIpc) is 2.98. The number of carbonyl (C=O) groups excluding carboxylic acids is 2. The van der Waals surface area contributed by atoms with Crippen LogP contribution in [-0.4, -0.2) is 18.4 Å². The summed E-state index contributed by atoms with van der Waals surface area (Å²) >= 11 is 1.41. The highest BCUT2D eigenvalue weighted by atomic mass is 32.1. The Morgan fingerprint density at radius 3 is 2.80 bits per heavy atom. The van der Waals surface area contributed by atoms with E-state index in [4.69, 9.17) is 15.7 Å². The van der Waals surface area contributed by atoms with Crippen LogP contribution in [0.4, 0.5) is 5.00 Å². The fourth-order valence-corrected chi connectivity index (χ4v) is 4.22. The quantitative estimate of drug-likeness (QED) is 0.860. The lowest BCUT2D eigenvalue weighted by atomic mass is 9.95. The molecule has 0 spiro atoms. The van der Waals surface area contributed by atoms with Gasteiger partial charge >= 0.3 is 0 Å². The number of nitriles is 1. The van der Waals surface area contributed by atoms with Gasteiger partial charge in [-0.2, -0.15) is 5.26 Å². The molecule has 1 aliphatic rings. The minimum absolute atomic E-state index is 0.251. The Kier molecular flexibility index (Phi) is 5.00. The number of nitrogens with one attached hydrogen (secondary N) is 1. The number of para-hydroxylation sites is 1. The van der Waals surface area contributed by atoms with Gasteiger partial charge in [0.2, 0.25) is 0 Å². The topological polar surface area (TPSA) is 105 Å². The third-order valence-electron chi connectivity index (χ3n) is 4.04. The predicted octanol–water partition coefficient (Wildman–Crippen LogP) is 2.61. The van der Waals surface area contributed by atoms with E-state index >= 15 is 0 Å². The van der Waals surface area contributed by atoms with Crippen molar-refractivity contribution in [1.82, 2.24) is 0 Å². The van der Waals surface area contributed by atoms with Gasteiger partial charge in [0.05, 0.1) is 11.1 Å². The summed E-state index contributed by atoms with van der Waals surface area (Å²) in [4.78, 5) is 25.1. The van der Waals surface area contributed by atoms with Gasteiger partial charge in [-0.25, -0.2) is 0 Å². The van der Waals surface area contributed by atoms with Crippen LogP contribution >= 0.6 is 11.3 Å². The minimum Gasteiger partial charge on any atom is -0.482 e. The molecule has 7 heteroatoms. The summed E-state index contributed by atoms with van der Waals surface area (Å²) in [7, 11) is 0. The predicted molar refractivity (Wildman–Crippen MR) is 94.8 cm³/mol. The number of aryl methyl sites for hydroxylation is 1. The molecule has 0 aliphatic heterocycles. The van der Waals surface area contributed by atoms with E-state index < -0.39 is 11.8 Å². The first-order chi connectivity index (χ1) is 12.1. The highest BCUT2D eigenvalue weighted by Gasteiger charge is 2.25. The van der Waals surface area contributed by atoms with E-state index in [1.165, 1.54) is 11.3 Å². The van der Waals surface area contributed by atoms with Gasteiger partial charge in [0.25, 0.3) is 11.8 Å². The van der Waals surface area contributed by atoms with Crippen LogP contribution in [0.15, 0.2) is 24.3 Å². The number of fused-ring (bicyclic) bond motifs is 1. The number of anilines is 1. The molecular weight excluding hydrogens is 338 g/mol. The smallest absolute Gasteiger partial charge is 0.262 e. The number of rotatable bonds is 5. The first-order valence-corrected chi connectivity index (χ1v) is 8.78. The lowest BCUT2D eigenvalue weighted by Crippen LogP contribution is -2.22. The number of primary amides is 1. The molecule has 3 N–H and O–H groups in total. The molecule has 1 aromatic heterocycles. The summed E-state index contributed by atoms with van der Waals surface area (Å²) in [5.74, 6) is -0.569. The van der Waals surface area contributed by atoms with Crippen LogP contribution in [-0.2, 0) is 17.6 Å². The number of thiophene rings is 1. The van der Waals surface area contributed by atoms with Crippen molar-refractivity contribution in [1.29, 1.82) is 5.26 Å². The molecular formula is C18H17N3O3S. The fraction of sp³-hybridized carbons (Fsp3) is 0.278. The van der Waals surface area contributed by atoms with Crippen molar-refractivity contribution >= 4 is 28.2 Å². The summed E-state index contributed by atoms with van der Waals surface area (Å²) in [5, 5.41) is 12.2. The normalized spacial score (nSPS) is 12.8. The van der Waals surface area contributed by atoms with Gasteiger partial charge in [-0.15, -0.1) is 11.3 Å². The SMILES string of the molecule is N#Cc1ccccc1OCC(=O)Nc1sc2c(c1C(N)=O)CCCC2. The Hall–Kier alpha value is -2.85. The molecule has 1 heterocycles. The van der Waals surface area contributed by atoms with E-state index in [0.29, 0.717) is 21.9 Å². The fourth-order valence-electron chi connectivity index (χ4n) is 2.91. The van der Waals surface area contributed by atoms with E-state index in [1.807, 2.05) is 6.07 Å². The molecule has 0 atom stereocenters. The largest absolute Gasteiger partial charge is 0.482 e. The molecule has 0 radical (unpaired) electrons. The Bertz CT molecular complexity index is 867. The van der Waals surface area contributed by atoms with Gasteiger partial charge in [-0.1, -0.05) is 12.1 Å². The van der Waals surface area contributed by atoms with Gasteiger partial charge in [0.15, 0.2) is 6.61 Å². The molecule has 128 valence electrons. The average molecular weight is 355 g/mol. The number of benzene rings is 1. The second-order valence-electron chi connectivity index (χ2n) is 5.72. The molecule has 0 fully saturated rings.